The molecule has 29 heavy (non-hydrogen) atoms. The van der Waals surface area contributed by atoms with Gasteiger partial charge in [-0.2, -0.15) is 0 Å². The number of furan rings is 1. The number of nitrogens with zero attached hydrogens (tertiary/aromatic N) is 1. The molecule has 0 saturated carbocycles. The van der Waals surface area contributed by atoms with Crippen LogP contribution in [0.15, 0.2) is 76.0 Å². The molecule has 0 unspecified atom stereocenters. The van der Waals surface area contributed by atoms with Crippen LogP contribution in [0.2, 0.25) is 5.02 Å². The summed E-state index contributed by atoms with van der Waals surface area (Å²) < 4.78 is 21.6. The van der Waals surface area contributed by atoms with Gasteiger partial charge in [-0.25, -0.2) is 9.79 Å². The highest BCUT2D eigenvalue weighted by Gasteiger charge is 2.25. The summed E-state index contributed by atoms with van der Waals surface area (Å²) in [5.41, 5.74) is 1.75. The summed E-state index contributed by atoms with van der Waals surface area (Å²) in [4.78, 5) is 16.3. The minimum Gasteiger partial charge on any atom is -0.493 e. The van der Waals surface area contributed by atoms with Gasteiger partial charge >= 0.3 is 5.97 Å². The van der Waals surface area contributed by atoms with Crippen LogP contribution in [-0.4, -0.2) is 19.0 Å². The SMILES string of the molecule is COc1cc(/C=C2\N=C(c3ccco3)OC2=O)ccc1OCc1ccccc1Cl. The van der Waals surface area contributed by atoms with Crippen LogP contribution in [0.1, 0.15) is 16.9 Å². The van der Waals surface area contributed by atoms with Gasteiger partial charge in [-0.1, -0.05) is 35.9 Å². The molecule has 0 bridgehead atoms. The van der Waals surface area contributed by atoms with E-state index in [9.17, 15) is 4.79 Å². The van der Waals surface area contributed by atoms with Gasteiger partial charge in [0.15, 0.2) is 23.0 Å². The largest absolute Gasteiger partial charge is 0.493 e. The molecule has 0 N–H and O–H groups in total. The lowest BCUT2D eigenvalue weighted by Crippen LogP contribution is -2.04. The van der Waals surface area contributed by atoms with E-state index < -0.39 is 5.97 Å². The molecule has 7 heteroatoms. The molecule has 0 atom stereocenters. The molecule has 3 aromatic rings. The number of aliphatic imine (C=N–C) groups is 1. The van der Waals surface area contributed by atoms with Crippen molar-refractivity contribution in [3.63, 3.8) is 0 Å². The molecule has 1 aliphatic heterocycles. The molecule has 0 amide bonds. The zero-order chi connectivity index (χ0) is 20.2. The predicted molar refractivity (Wildman–Crippen MR) is 108 cm³/mol. The van der Waals surface area contributed by atoms with Crippen LogP contribution in [0, 0.1) is 0 Å². The lowest BCUT2D eigenvalue weighted by Gasteiger charge is -2.12. The maximum Gasteiger partial charge on any atom is 0.363 e. The molecule has 2 aromatic carbocycles. The summed E-state index contributed by atoms with van der Waals surface area (Å²) in [5, 5.41) is 0.637. The van der Waals surface area contributed by atoms with E-state index in [0.717, 1.165) is 5.56 Å². The molecule has 0 radical (unpaired) electrons. The van der Waals surface area contributed by atoms with Gasteiger partial charge in [-0.05, 0) is 42.0 Å². The van der Waals surface area contributed by atoms with Gasteiger partial charge in [0.05, 0.1) is 13.4 Å². The molecule has 2 heterocycles. The monoisotopic (exact) mass is 409 g/mol. The second-order valence-corrected chi connectivity index (χ2v) is 6.51. The summed E-state index contributed by atoms with van der Waals surface area (Å²) in [6.45, 7) is 0.305. The number of cyclic esters (lactones) is 1. The maximum absolute atomic E-state index is 12.1. The van der Waals surface area contributed by atoms with Crippen molar-refractivity contribution in [2.24, 2.45) is 4.99 Å². The Morgan fingerprint density at radius 1 is 1.10 bits per heavy atom. The first-order valence-electron chi connectivity index (χ1n) is 8.75. The van der Waals surface area contributed by atoms with Gasteiger partial charge in [0.25, 0.3) is 5.90 Å². The standard InChI is InChI=1S/C22H16ClNO5/c1-26-20-12-14(8-9-18(20)28-13-15-5-2-3-6-16(15)23)11-17-22(25)29-21(24-17)19-7-4-10-27-19/h2-12H,13H2,1H3/b17-11-. The zero-order valence-electron chi connectivity index (χ0n) is 15.4. The summed E-state index contributed by atoms with van der Waals surface area (Å²) in [6.07, 6.45) is 3.10. The molecule has 0 saturated heterocycles. The van der Waals surface area contributed by atoms with Crippen LogP contribution in [-0.2, 0) is 16.1 Å². The Kier molecular flexibility index (Phi) is 5.35. The number of ether oxygens (including phenoxy) is 3. The Bertz CT molecular complexity index is 1100. The van der Waals surface area contributed by atoms with Crippen molar-refractivity contribution < 1.29 is 23.4 Å². The summed E-state index contributed by atoms with van der Waals surface area (Å²) >= 11 is 6.17. The second kappa shape index (κ2) is 8.24. The van der Waals surface area contributed by atoms with Crippen LogP contribution in [0.25, 0.3) is 6.08 Å². The van der Waals surface area contributed by atoms with E-state index in [4.69, 9.17) is 30.2 Å². The highest BCUT2D eigenvalue weighted by atomic mass is 35.5. The first kappa shape index (κ1) is 18.8. The Morgan fingerprint density at radius 3 is 2.72 bits per heavy atom. The number of hydrogen-bond acceptors (Lipinski definition) is 6. The van der Waals surface area contributed by atoms with Gasteiger partial charge in [0, 0.05) is 10.6 Å². The third-order valence-corrected chi connectivity index (χ3v) is 4.55. The molecular formula is C22H16ClNO5. The fourth-order valence-corrected chi connectivity index (χ4v) is 2.93. The van der Waals surface area contributed by atoms with Gasteiger partial charge in [-0.15, -0.1) is 0 Å². The van der Waals surface area contributed by atoms with Gasteiger partial charge in [-0.3, -0.25) is 0 Å². The maximum atomic E-state index is 12.1. The molecule has 4 rings (SSSR count). The molecule has 146 valence electrons. The minimum absolute atomic E-state index is 0.137. The predicted octanol–water partition coefficient (Wildman–Crippen LogP) is 4.87. The van der Waals surface area contributed by atoms with Crippen molar-refractivity contribution in [1.29, 1.82) is 0 Å². The number of esters is 1. The summed E-state index contributed by atoms with van der Waals surface area (Å²) in [7, 11) is 1.55. The van der Waals surface area contributed by atoms with Crippen LogP contribution < -0.4 is 9.47 Å². The number of rotatable bonds is 6. The van der Waals surface area contributed by atoms with Crippen LogP contribution in [0.3, 0.4) is 0 Å². The average molecular weight is 410 g/mol. The molecule has 1 aromatic heterocycles. The zero-order valence-corrected chi connectivity index (χ0v) is 16.2. The van der Waals surface area contributed by atoms with E-state index in [2.05, 4.69) is 4.99 Å². The van der Waals surface area contributed by atoms with Crippen molar-refractivity contribution in [2.75, 3.05) is 7.11 Å². The lowest BCUT2D eigenvalue weighted by molar-refractivity contribution is -0.130. The number of methoxy groups -OCH3 is 1. The van der Waals surface area contributed by atoms with E-state index in [0.29, 0.717) is 34.5 Å². The number of hydrogen-bond donors (Lipinski definition) is 0. The molecule has 0 aliphatic carbocycles. The number of halogens is 1. The smallest absolute Gasteiger partial charge is 0.363 e. The van der Waals surface area contributed by atoms with Crippen LogP contribution in [0.5, 0.6) is 11.5 Å². The van der Waals surface area contributed by atoms with E-state index in [1.165, 1.54) is 6.26 Å². The van der Waals surface area contributed by atoms with Crippen LogP contribution >= 0.6 is 11.6 Å². The van der Waals surface area contributed by atoms with Crippen molar-refractivity contribution in [3.8, 4) is 11.5 Å². The molecular weight excluding hydrogens is 394 g/mol. The molecule has 1 aliphatic rings. The van der Waals surface area contributed by atoms with Gasteiger partial charge < -0.3 is 18.6 Å². The van der Waals surface area contributed by atoms with Gasteiger partial charge in [0.1, 0.15) is 6.61 Å². The van der Waals surface area contributed by atoms with Crippen molar-refractivity contribution in [3.05, 3.63) is 88.5 Å². The van der Waals surface area contributed by atoms with Crippen molar-refractivity contribution in [1.82, 2.24) is 0 Å². The van der Waals surface area contributed by atoms with E-state index in [1.807, 2.05) is 24.3 Å². The van der Waals surface area contributed by atoms with Gasteiger partial charge in [0.2, 0.25) is 0 Å². The molecule has 0 spiro atoms. The van der Waals surface area contributed by atoms with Crippen LogP contribution in [0.4, 0.5) is 0 Å². The topological polar surface area (TPSA) is 70.3 Å². The Balaban J connectivity index is 1.54. The lowest BCUT2D eigenvalue weighted by atomic mass is 10.1. The second-order valence-electron chi connectivity index (χ2n) is 6.10. The third kappa shape index (κ3) is 4.17. The number of carbonyl (C=O) groups is 1. The first-order chi connectivity index (χ1) is 14.1. The highest BCUT2D eigenvalue weighted by Crippen LogP contribution is 2.31. The Hall–Kier alpha value is -3.51. The Labute approximate surface area is 172 Å². The normalized spacial score (nSPS) is 14.6. The summed E-state index contributed by atoms with van der Waals surface area (Å²) in [5.74, 6) is 1.06. The number of carbonyl (C=O) groups excluding carboxylic acids is 1. The molecule has 6 nitrogen and oxygen atoms in total. The fraction of sp³-hybridized carbons (Fsp3) is 0.0909. The van der Waals surface area contributed by atoms with Crippen molar-refractivity contribution >= 4 is 29.5 Å². The van der Waals surface area contributed by atoms with Crippen molar-refractivity contribution in [2.45, 2.75) is 6.61 Å². The Morgan fingerprint density at radius 2 is 1.97 bits per heavy atom. The summed E-state index contributed by atoms with van der Waals surface area (Å²) in [6, 6.07) is 16.1. The fourth-order valence-electron chi connectivity index (χ4n) is 2.74. The van der Waals surface area contributed by atoms with E-state index >= 15 is 0 Å². The third-order valence-electron chi connectivity index (χ3n) is 4.18. The highest BCUT2D eigenvalue weighted by molar-refractivity contribution is 6.31. The average Bonchev–Trinajstić information content (AvgIpc) is 3.38. The van der Waals surface area contributed by atoms with E-state index in [-0.39, 0.29) is 11.6 Å². The van der Waals surface area contributed by atoms with E-state index in [1.54, 1.807) is 43.5 Å². The molecule has 0 fully saturated rings. The quantitative estimate of drug-likeness (QED) is 0.429. The number of benzene rings is 2. The first-order valence-corrected chi connectivity index (χ1v) is 9.12. The minimum atomic E-state index is -0.547.